The molecule has 3 rings (SSSR count). The molecule has 0 atom stereocenters. The first-order chi connectivity index (χ1) is 10.1. The first-order valence-corrected chi connectivity index (χ1v) is 7.86. The summed E-state index contributed by atoms with van der Waals surface area (Å²) in [7, 11) is 0. The summed E-state index contributed by atoms with van der Waals surface area (Å²) in [5.41, 5.74) is 7.92. The van der Waals surface area contributed by atoms with Crippen molar-refractivity contribution in [2.24, 2.45) is 0 Å². The summed E-state index contributed by atoms with van der Waals surface area (Å²) < 4.78 is 0. The van der Waals surface area contributed by atoms with Gasteiger partial charge in [-0.15, -0.1) is 11.3 Å². The van der Waals surface area contributed by atoms with E-state index in [-0.39, 0.29) is 5.91 Å². The molecule has 2 aromatic rings. The summed E-state index contributed by atoms with van der Waals surface area (Å²) in [5, 5.41) is 3.21. The minimum absolute atomic E-state index is 0.0239. The summed E-state index contributed by atoms with van der Waals surface area (Å²) in [5.74, 6) is 0.0239. The molecule has 1 saturated heterocycles. The standard InChI is InChI=1S/C14H19N5OS/c1-10-17-12(9-21-10)8-18-2-4-19(5-3-18)14(20)13-6-11(15)7-16-13/h6-7,9,16H,2-5,8,15H2,1H3. The number of nitrogens with one attached hydrogen (secondary N) is 1. The summed E-state index contributed by atoms with van der Waals surface area (Å²) in [6.07, 6.45) is 1.65. The second-order valence-corrected chi connectivity index (χ2v) is 6.34. The van der Waals surface area contributed by atoms with Gasteiger partial charge in [0.25, 0.3) is 5.91 Å². The molecule has 1 amide bonds. The molecule has 6 nitrogen and oxygen atoms in total. The predicted octanol–water partition coefficient (Wildman–Crippen LogP) is 1.32. The van der Waals surface area contributed by atoms with Crippen molar-refractivity contribution in [1.29, 1.82) is 0 Å². The maximum atomic E-state index is 12.3. The van der Waals surface area contributed by atoms with Crippen LogP contribution in [0, 0.1) is 6.92 Å². The number of amides is 1. The number of aryl methyl sites for hydroxylation is 1. The molecule has 1 fully saturated rings. The normalized spacial score (nSPS) is 16.3. The lowest BCUT2D eigenvalue weighted by molar-refractivity contribution is 0.0622. The van der Waals surface area contributed by atoms with Gasteiger partial charge in [0, 0.05) is 50.0 Å². The number of rotatable bonds is 3. The number of anilines is 1. The number of aromatic nitrogens is 2. The average Bonchev–Trinajstić information content (AvgIpc) is 3.08. The Balaban J connectivity index is 1.54. The zero-order chi connectivity index (χ0) is 14.8. The SMILES string of the molecule is Cc1nc(CN2CCN(C(=O)c3cc(N)c[nH]3)CC2)cs1. The van der Waals surface area contributed by atoms with Crippen molar-refractivity contribution in [3.8, 4) is 0 Å². The minimum Gasteiger partial charge on any atom is -0.397 e. The Morgan fingerprint density at radius 1 is 1.43 bits per heavy atom. The number of thiazole rings is 1. The van der Waals surface area contributed by atoms with E-state index in [2.05, 4.69) is 20.2 Å². The van der Waals surface area contributed by atoms with E-state index in [1.807, 2.05) is 11.8 Å². The van der Waals surface area contributed by atoms with Crippen LogP contribution < -0.4 is 5.73 Å². The number of piperazine rings is 1. The first kappa shape index (κ1) is 14.1. The summed E-state index contributed by atoms with van der Waals surface area (Å²) in [6.45, 7) is 6.10. The number of carbonyl (C=O) groups is 1. The summed E-state index contributed by atoms with van der Waals surface area (Å²) in [6, 6.07) is 1.69. The third-order valence-electron chi connectivity index (χ3n) is 3.65. The van der Waals surface area contributed by atoms with Gasteiger partial charge < -0.3 is 15.6 Å². The van der Waals surface area contributed by atoms with Gasteiger partial charge in [-0.05, 0) is 13.0 Å². The van der Waals surface area contributed by atoms with Gasteiger partial charge in [-0.25, -0.2) is 4.98 Å². The van der Waals surface area contributed by atoms with Crippen LogP contribution in [0.25, 0.3) is 0 Å². The fourth-order valence-electron chi connectivity index (χ4n) is 2.52. The van der Waals surface area contributed by atoms with Crippen LogP contribution in [0.1, 0.15) is 21.2 Å². The van der Waals surface area contributed by atoms with E-state index in [1.54, 1.807) is 23.6 Å². The lowest BCUT2D eigenvalue weighted by Crippen LogP contribution is -2.48. The smallest absolute Gasteiger partial charge is 0.270 e. The molecule has 0 saturated carbocycles. The van der Waals surface area contributed by atoms with Gasteiger partial charge in [0.1, 0.15) is 5.69 Å². The number of carbonyl (C=O) groups excluding carboxylic acids is 1. The fourth-order valence-corrected chi connectivity index (χ4v) is 3.13. The number of H-pyrrole nitrogens is 1. The summed E-state index contributed by atoms with van der Waals surface area (Å²) >= 11 is 1.68. The molecule has 2 aromatic heterocycles. The van der Waals surface area contributed by atoms with Crippen LogP contribution >= 0.6 is 11.3 Å². The van der Waals surface area contributed by atoms with Crippen molar-refractivity contribution in [2.75, 3.05) is 31.9 Å². The van der Waals surface area contributed by atoms with Gasteiger partial charge in [-0.3, -0.25) is 9.69 Å². The minimum atomic E-state index is 0.0239. The van der Waals surface area contributed by atoms with Gasteiger partial charge in [-0.1, -0.05) is 0 Å². The van der Waals surface area contributed by atoms with E-state index in [9.17, 15) is 4.79 Å². The molecule has 21 heavy (non-hydrogen) atoms. The maximum Gasteiger partial charge on any atom is 0.270 e. The van der Waals surface area contributed by atoms with Crippen molar-refractivity contribution < 1.29 is 4.79 Å². The Morgan fingerprint density at radius 3 is 2.76 bits per heavy atom. The van der Waals surface area contributed by atoms with Crippen LogP contribution in [0.5, 0.6) is 0 Å². The number of nitrogens with zero attached hydrogens (tertiary/aromatic N) is 3. The Morgan fingerprint density at radius 2 is 2.19 bits per heavy atom. The molecule has 3 N–H and O–H groups in total. The highest BCUT2D eigenvalue weighted by Crippen LogP contribution is 2.14. The van der Waals surface area contributed by atoms with E-state index in [4.69, 9.17) is 5.73 Å². The van der Waals surface area contributed by atoms with E-state index < -0.39 is 0 Å². The zero-order valence-electron chi connectivity index (χ0n) is 12.0. The molecule has 0 unspecified atom stereocenters. The number of nitrogens with two attached hydrogens (primary N) is 1. The van der Waals surface area contributed by atoms with Crippen molar-refractivity contribution in [2.45, 2.75) is 13.5 Å². The molecular weight excluding hydrogens is 286 g/mol. The maximum absolute atomic E-state index is 12.3. The van der Waals surface area contributed by atoms with E-state index >= 15 is 0 Å². The fraction of sp³-hybridized carbons (Fsp3) is 0.429. The molecule has 0 radical (unpaired) electrons. The monoisotopic (exact) mass is 305 g/mol. The van der Waals surface area contributed by atoms with Crippen LogP contribution in [0.3, 0.4) is 0 Å². The highest BCUT2D eigenvalue weighted by molar-refractivity contribution is 7.09. The second-order valence-electron chi connectivity index (χ2n) is 5.27. The van der Waals surface area contributed by atoms with Gasteiger partial charge in [-0.2, -0.15) is 0 Å². The molecule has 3 heterocycles. The van der Waals surface area contributed by atoms with Gasteiger partial charge in [0.2, 0.25) is 0 Å². The van der Waals surface area contributed by atoms with E-state index in [0.29, 0.717) is 11.4 Å². The number of hydrogen-bond donors (Lipinski definition) is 2. The topological polar surface area (TPSA) is 78.2 Å². The largest absolute Gasteiger partial charge is 0.397 e. The van der Waals surface area contributed by atoms with Crippen molar-refractivity contribution in [3.63, 3.8) is 0 Å². The van der Waals surface area contributed by atoms with Crippen LogP contribution in [-0.4, -0.2) is 51.9 Å². The Labute approximate surface area is 127 Å². The number of aromatic amines is 1. The molecule has 1 aliphatic rings. The highest BCUT2D eigenvalue weighted by Gasteiger charge is 2.23. The van der Waals surface area contributed by atoms with E-state index in [1.165, 1.54) is 0 Å². The lowest BCUT2D eigenvalue weighted by Gasteiger charge is -2.34. The predicted molar refractivity (Wildman–Crippen MR) is 83.2 cm³/mol. The van der Waals surface area contributed by atoms with Crippen molar-refractivity contribution in [1.82, 2.24) is 19.8 Å². The molecule has 0 spiro atoms. The number of hydrogen-bond acceptors (Lipinski definition) is 5. The third kappa shape index (κ3) is 3.25. The Bertz CT molecular complexity index is 627. The first-order valence-electron chi connectivity index (χ1n) is 6.98. The molecular formula is C14H19N5OS. The molecule has 7 heteroatoms. The average molecular weight is 305 g/mol. The van der Waals surface area contributed by atoms with Crippen LogP contribution in [0.2, 0.25) is 0 Å². The van der Waals surface area contributed by atoms with Gasteiger partial charge in [0.05, 0.1) is 10.7 Å². The van der Waals surface area contributed by atoms with Crippen LogP contribution in [0.4, 0.5) is 5.69 Å². The number of nitrogen functional groups attached to an aromatic ring is 1. The summed E-state index contributed by atoms with van der Waals surface area (Å²) in [4.78, 5) is 23.9. The lowest BCUT2D eigenvalue weighted by atomic mass is 10.2. The zero-order valence-corrected chi connectivity index (χ0v) is 12.8. The second kappa shape index (κ2) is 5.87. The van der Waals surface area contributed by atoms with Crippen molar-refractivity contribution >= 4 is 22.9 Å². The Hall–Kier alpha value is -1.86. The quantitative estimate of drug-likeness (QED) is 0.896. The van der Waals surface area contributed by atoms with Crippen LogP contribution in [-0.2, 0) is 6.54 Å². The van der Waals surface area contributed by atoms with Crippen molar-refractivity contribution in [3.05, 3.63) is 34.0 Å². The Kier molecular flexibility index (Phi) is 3.94. The molecule has 1 aliphatic heterocycles. The van der Waals surface area contributed by atoms with Gasteiger partial charge in [0.15, 0.2) is 0 Å². The molecule has 112 valence electrons. The van der Waals surface area contributed by atoms with E-state index in [0.717, 1.165) is 43.4 Å². The highest BCUT2D eigenvalue weighted by atomic mass is 32.1. The molecule has 0 aromatic carbocycles. The molecule has 0 aliphatic carbocycles. The van der Waals surface area contributed by atoms with Gasteiger partial charge >= 0.3 is 0 Å². The molecule has 0 bridgehead atoms. The van der Waals surface area contributed by atoms with Crippen LogP contribution in [0.15, 0.2) is 17.6 Å². The third-order valence-corrected chi connectivity index (χ3v) is 4.47.